The van der Waals surface area contributed by atoms with Crippen LogP contribution in [0.15, 0.2) is 24.3 Å². The molecule has 480 valence electrons. The van der Waals surface area contributed by atoms with E-state index in [-0.39, 0.29) is 31.5 Å². The molecular formula is C71H139N2O7P. The molecule has 0 aliphatic carbocycles. The van der Waals surface area contributed by atoms with Gasteiger partial charge in [0.1, 0.15) is 19.3 Å². The van der Waals surface area contributed by atoms with E-state index in [9.17, 15) is 19.0 Å². The van der Waals surface area contributed by atoms with E-state index in [1.165, 1.54) is 270 Å². The lowest BCUT2D eigenvalue weighted by molar-refractivity contribution is -0.870. The number of esters is 1. The van der Waals surface area contributed by atoms with E-state index in [1.807, 2.05) is 33.3 Å². The van der Waals surface area contributed by atoms with Gasteiger partial charge in [0.2, 0.25) is 5.91 Å². The summed E-state index contributed by atoms with van der Waals surface area (Å²) in [5, 5.41) is 3.05. The van der Waals surface area contributed by atoms with Crippen molar-refractivity contribution < 1.29 is 37.3 Å². The van der Waals surface area contributed by atoms with E-state index in [2.05, 4.69) is 38.2 Å². The van der Waals surface area contributed by atoms with Crippen LogP contribution in [0.25, 0.3) is 0 Å². The minimum absolute atomic E-state index is 0.0190. The maximum atomic E-state index is 13.6. The Kier molecular flexibility index (Phi) is 60.4. The maximum Gasteiger partial charge on any atom is 0.306 e. The third-order valence-corrected chi connectivity index (χ3v) is 17.3. The van der Waals surface area contributed by atoms with E-state index in [4.69, 9.17) is 13.8 Å². The van der Waals surface area contributed by atoms with Gasteiger partial charge in [0.15, 0.2) is 0 Å². The van der Waals surface area contributed by atoms with Gasteiger partial charge in [-0.05, 0) is 57.4 Å². The molecule has 0 rings (SSSR count). The number of unbranched alkanes of at least 4 members (excludes halogenated alkanes) is 48. The predicted molar refractivity (Wildman–Crippen MR) is 349 cm³/mol. The average molecular weight is 1160 g/mol. The van der Waals surface area contributed by atoms with Crippen LogP contribution in [-0.2, 0) is 27.9 Å². The number of hydrogen-bond acceptors (Lipinski definition) is 7. The van der Waals surface area contributed by atoms with Crippen molar-refractivity contribution in [1.82, 2.24) is 5.32 Å². The van der Waals surface area contributed by atoms with Crippen LogP contribution in [0.5, 0.6) is 0 Å². The lowest BCUT2D eigenvalue weighted by Gasteiger charge is -2.30. The molecule has 0 aliphatic rings. The Hall–Kier alpha value is -1.51. The Morgan fingerprint density at radius 3 is 1.05 bits per heavy atom. The number of phosphoric ester groups is 1. The second-order valence-electron chi connectivity index (χ2n) is 25.7. The monoisotopic (exact) mass is 1160 g/mol. The maximum absolute atomic E-state index is 13.6. The van der Waals surface area contributed by atoms with Gasteiger partial charge in [-0.15, -0.1) is 0 Å². The summed E-state index contributed by atoms with van der Waals surface area (Å²) >= 11 is 0. The van der Waals surface area contributed by atoms with E-state index in [0.29, 0.717) is 17.4 Å². The number of carbonyl (C=O) groups excluding carboxylic acids is 2. The Morgan fingerprint density at radius 1 is 0.420 bits per heavy atom. The number of ether oxygens (including phenoxy) is 1. The third kappa shape index (κ3) is 62.8. The Labute approximate surface area is 504 Å². The molecule has 10 heteroatoms. The Balaban J connectivity index is 5.04. The first-order valence-electron chi connectivity index (χ1n) is 35.6. The molecule has 0 heterocycles. The fourth-order valence-corrected chi connectivity index (χ4v) is 11.6. The fourth-order valence-electron chi connectivity index (χ4n) is 10.9. The van der Waals surface area contributed by atoms with Crippen LogP contribution in [0.3, 0.4) is 0 Å². The number of quaternary nitrogens is 1. The molecular weight excluding hydrogens is 1020 g/mol. The van der Waals surface area contributed by atoms with Crippen molar-refractivity contribution in [2.45, 2.75) is 380 Å². The number of allylic oxidation sites excluding steroid dienone is 3. The molecule has 0 spiro atoms. The van der Waals surface area contributed by atoms with Gasteiger partial charge < -0.3 is 28.5 Å². The summed E-state index contributed by atoms with van der Waals surface area (Å²) in [5.74, 6) is -0.524. The van der Waals surface area contributed by atoms with E-state index in [0.717, 1.165) is 64.2 Å². The largest absolute Gasteiger partial charge is 0.756 e. The number of hydrogen-bond donors (Lipinski definition) is 1. The standard InChI is InChI=1S/C71H139N2O7P/c1-7-10-13-16-19-22-25-28-30-32-33-34-35-36-37-38-39-41-42-45-48-51-54-57-60-63-70(74)72-68(67-79-81(76,77)78-66-65-73(4,5)6)69(62-59-56-53-50-47-44-27-24-21-18-15-12-9-3)80-71(75)64-61-58-55-52-49-46-43-40-31-29-26-23-20-17-14-11-8-2/h29,31,59,62,68-69H,7-28,30,32-58,60-61,63-67H2,1-6H3,(H-,72,74,76,77)/b31-29+,62-59-. The zero-order valence-corrected chi connectivity index (χ0v) is 55.9. The molecule has 3 unspecified atom stereocenters. The highest BCUT2D eigenvalue weighted by atomic mass is 31.2. The van der Waals surface area contributed by atoms with Crippen LogP contribution in [-0.4, -0.2) is 69.4 Å². The van der Waals surface area contributed by atoms with E-state index >= 15 is 0 Å². The molecule has 0 radical (unpaired) electrons. The normalized spacial score (nSPS) is 13.6. The Bertz CT molecular complexity index is 1430. The summed E-state index contributed by atoms with van der Waals surface area (Å²) in [6.07, 6.45) is 74.4. The molecule has 0 saturated heterocycles. The average Bonchev–Trinajstić information content (AvgIpc) is 3.44. The molecule has 0 bridgehead atoms. The SMILES string of the molecule is CCCCCCCC/C=C/CCCCCCCCCC(=O)OC(/C=C\CCCCCCCCCCCCC)C(COP(=O)([O-])OCC[N+](C)(C)C)NC(=O)CCCCCCCCCCCCCCCCCCCCCCCCCCC. The number of rotatable bonds is 66. The predicted octanol–water partition coefficient (Wildman–Crippen LogP) is 21.8. The number of carbonyl (C=O) groups is 2. The quantitative estimate of drug-likeness (QED) is 0.0212. The number of nitrogens with one attached hydrogen (secondary N) is 1. The summed E-state index contributed by atoms with van der Waals surface area (Å²) < 4.78 is 30.5. The first kappa shape index (κ1) is 79.5. The molecule has 0 saturated carbocycles. The molecule has 0 aromatic rings. The van der Waals surface area contributed by atoms with Gasteiger partial charge in [-0.1, -0.05) is 322 Å². The highest BCUT2D eigenvalue weighted by Gasteiger charge is 2.27. The molecule has 3 atom stereocenters. The van der Waals surface area contributed by atoms with Crippen molar-refractivity contribution in [2.75, 3.05) is 40.9 Å². The molecule has 0 aliphatic heterocycles. The molecule has 9 nitrogen and oxygen atoms in total. The summed E-state index contributed by atoms with van der Waals surface area (Å²) in [5.41, 5.74) is 0. The van der Waals surface area contributed by atoms with Gasteiger partial charge in [-0.3, -0.25) is 14.2 Å². The highest BCUT2D eigenvalue weighted by Crippen LogP contribution is 2.38. The zero-order valence-electron chi connectivity index (χ0n) is 55.0. The fraction of sp³-hybridized carbons (Fsp3) is 0.915. The summed E-state index contributed by atoms with van der Waals surface area (Å²) in [7, 11) is 1.20. The summed E-state index contributed by atoms with van der Waals surface area (Å²) in [6.45, 7) is 6.91. The molecule has 0 aromatic carbocycles. The van der Waals surface area contributed by atoms with Gasteiger partial charge in [0, 0.05) is 12.8 Å². The summed E-state index contributed by atoms with van der Waals surface area (Å²) in [4.78, 5) is 40.2. The highest BCUT2D eigenvalue weighted by molar-refractivity contribution is 7.45. The van der Waals surface area contributed by atoms with Crippen molar-refractivity contribution in [3.8, 4) is 0 Å². The van der Waals surface area contributed by atoms with Gasteiger partial charge in [-0.2, -0.15) is 0 Å². The minimum Gasteiger partial charge on any atom is -0.756 e. The Morgan fingerprint density at radius 2 is 0.716 bits per heavy atom. The third-order valence-electron chi connectivity index (χ3n) is 16.4. The van der Waals surface area contributed by atoms with Gasteiger partial charge in [0.05, 0.1) is 33.8 Å². The molecule has 81 heavy (non-hydrogen) atoms. The lowest BCUT2D eigenvalue weighted by Crippen LogP contribution is -2.47. The van der Waals surface area contributed by atoms with Gasteiger partial charge in [-0.25, -0.2) is 0 Å². The van der Waals surface area contributed by atoms with Crippen molar-refractivity contribution in [3.63, 3.8) is 0 Å². The van der Waals surface area contributed by atoms with E-state index < -0.39 is 20.0 Å². The van der Waals surface area contributed by atoms with Crippen molar-refractivity contribution in [3.05, 3.63) is 24.3 Å². The smallest absolute Gasteiger partial charge is 0.306 e. The summed E-state index contributed by atoms with van der Waals surface area (Å²) in [6, 6.07) is -0.885. The first-order valence-corrected chi connectivity index (χ1v) is 37.1. The molecule has 0 aromatic heterocycles. The van der Waals surface area contributed by atoms with Crippen LogP contribution in [0.4, 0.5) is 0 Å². The number of amides is 1. The molecule has 1 amide bonds. The second-order valence-corrected chi connectivity index (χ2v) is 27.2. The van der Waals surface area contributed by atoms with Crippen LogP contribution < -0.4 is 10.2 Å². The van der Waals surface area contributed by atoms with Crippen LogP contribution >= 0.6 is 7.82 Å². The van der Waals surface area contributed by atoms with E-state index in [1.54, 1.807) is 0 Å². The van der Waals surface area contributed by atoms with Crippen molar-refractivity contribution >= 4 is 19.7 Å². The number of nitrogens with zero attached hydrogens (tertiary/aromatic N) is 1. The van der Waals surface area contributed by atoms with Crippen molar-refractivity contribution in [1.29, 1.82) is 0 Å². The van der Waals surface area contributed by atoms with Crippen LogP contribution in [0, 0.1) is 0 Å². The van der Waals surface area contributed by atoms with Gasteiger partial charge in [0.25, 0.3) is 7.82 Å². The molecule has 1 N–H and O–H groups in total. The first-order chi connectivity index (χ1) is 39.4. The lowest BCUT2D eigenvalue weighted by atomic mass is 10.0. The second kappa shape index (κ2) is 61.6. The number of phosphoric acid groups is 1. The molecule has 0 fully saturated rings. The van der Waals surface area contributed by atoms with Crippen molar-refractivity contribution in [2.24, 2.45) is 0 Å². The minimum atomic E-state index is -4.70. The zero-order chi connectivity index (χ0) is 59.3. The topological polar surface area (TPSA) is 114 Å². The number of likely N-dealkylation sites (N-methyl/N-ethyl adjacent to an activating group) is 1. The van der Waals surface area contributed by atoms with Crippen LogP contribution in [0.1, 0.15) is 367 Å². The van der Waals surface area contributed by atoms with Crippen LogP contribution in [0.2, 0.25) is 0 Å². The van der Waals surface area contributed by atoms with Gasteiger partial charge >= 0.3 is 5.97 Å².